The fraction of sp³-hybridized carbons (Fsp3) is 0.357. The second-order valence-electron chi connectivity index (χ2n) is 10.2. The van der Waals surface area contributed by atoms with Gasteiger partial charge in [-0.2, -0.15) is 0 Å². The van der Waals surface area contributed by atoms with Crippen molar-refractivity contribution in [3.63, 3.8) is 0 Å². The Morgan fingerprint density at radius 3 is 1.53 bits per heavy atom. The van der Waals surface area contributed by atoms with Gasteiger partial charge in [0.05, 0.1) is 22.2 Å². The summed E-state index contributed by atoms with van der Waals surface area (Å²) in [5, 5.41) is 22.6. The van der Waals surface area contributed by atoms with Gasteiger partial charge in [-0.05, 0) is 87.8 Å². The minimum Gasteiger partial charge on any atom is -0.507 e. The Morgan fingerprint density at radius 1 is 0.750 bits per heavy atom. The van der Waals surface area contributed by atoms with Gasteiger partial charge in [0.15, 0.2) is 0 Å². The molecule has 2 atom stereocenters. The number of aromatic nitrogens is 2. The van der Waals surface area contributed by atoms with E-state index in [1.54, 1.807) is 9.13 Å². The van der Waals surface area contributed by atoms with Crippen LogP contribution in [0.2, 0.25) is 0 Å². The Bertz CT molecular complexity index is 1590. The first-order valence-electron chi connectivity index (χ1n) is 12.3. The normalized spacial score (nSPS) is 18.8. The summed E-state index contributed by atoms with van der Waals surface area (Å²) in [5.41, 5.74) is 1.80. The molecule has 8 heteroatoms. The summed E-state index contributed by atoms with van der Waals surface area (Å²) in [4.78, 5) is 27.0. The van der Waals surface area contributed by atoms with Gasteiger partial charge in [0.2, 0.25) is 0 Å². The van der Waals surface area contributed by atoms with E-state index in [0.29, 0.717) is 47.8 Å². The predicted octanol–water partition coefficient (Wildman–Crippen LogP) is 4.81. The maximum absolute atomic E-state index is 14.3. The standard InChI is InChI=1S/C28H26F2N2O4/c1-13-3-5-15-9-17(29)11-21-23(15)31(13)27(35)19(25(21)33)7-8-20-26(34)22-12-18(30)10-16-6-4-14(2)32(24(16)22)28(20)36/h9-14,33-34H,3-8H2,1-2H3/t13-,14-/m0/s1. The third kappa shape index (κ3) is 3.13. The van der Waals surface area contributed by atoms with Crippen molar-refractivity contribution in [3.05, 3.63) is 78.9 Å². The lowest BCUT2D eigenvalue weighted by atomic mass is 9.93. The maximum atomic E-state index is 14.3. The fourth-order valence-electron chi connectivity index (χ4n) is 6.17. The van der Waals surface area contributed by atoms with Crippen LogP contribution in [-0.4, -0.2) is 19.3 Å². The molecule has 6 rings (SSSR count). The van der Waals surface area contributed by atoms with Gasteiger partial charge in [-0.1, -0.05) is 0 Å². The molecule has 2 aromatic carbocycles. The molecule has 0 radical (unpaired) electrons. The molecule has 2 N–H and O–H groups in total. The Kier molecular flexibility index (Phi) is 5.00. The molecule has 2 aliphatic heterocycles. The smallest absolute Gasteiger partial charge is 0.258 e. The summed E-state index contributed by atoms with van der Waals surface area (Å²) in [6.07, 6.45) is 2.47. The highest BCUT2D eigenvalue weighted by atomic mass is 19.1. The van der Waals surface area contributed by atoms with Crippen LogP contribution < -0.4 is 11.1 Å². The molecule has 0 fully saturated rings. The first-order chi connectivity index (χ1) is 17.2. The molecule has 0 unspecified atom stereocenters. The minimum absolute atomic E-state index is 0.0377. The number of hydrogen-bond donors (Lipinski definition) is 2. The Hall–Kier alpha value is -3.68. The van der Waals surface area contributed by atoms with Crippen molar-refractivity contribution in [3.8, 4) is 11.5 Å². The molecule has 4 heterocycles. The summed E-state index contributed by atoms with van der Waals surface area (Å²) >= 11 is 0. The number of pyridine rings is 2. The molecule has 0 amide bonds. The summed E-state index contributed by atoms with van der Waals surface area (Å²) < 4.78 is 31.9. The van der Waals surface area contributed by atoms with Crippen LogP contribution in [0.25, 0.3) is 21.8 Å². The minimum atomic E-state index is -0.491. The summed E-state index contributed by atoms with van der Waals surface area (Å²) in [6.45, 7) is 3.82. The van der Waals surface area contributed by atoms with Crippen LogP contribution in [0.4, 0.5) is 8.78 Å². The van der Waals surface area contributed by atoms with E-state index in [1.807, 2.05) is 13.8 Å². The van der Waals surface area contributed by atoms with Gasteiger partial charge in [0.1, 0.15) is 23.1 Å². The van der Waals surface area contributed by atoms with E-state index in [0.717, 1.165) is 0 Å². The molecule has 4 aromatic rings. The predicted molar refractivity (Wildman–Crippen MR) is 133 cm³/mol. The van der Waals surface area contributed by atoms with E-state index in [2.05, 4.69) is 0 Å². The molecular formula is C28H26F2N2O4. The Balaban J connectivity index is 1.53. The van der Waals surface area contributed by atoms with Gasteiger partial charge < -0.3 is 19.3 Å². The zero-order chi connectivity index (χ0) is 25.5. The lowest BCUT2D eigenvalue weighted by Gasteiger charge is -2.27. The molecule has 0 bridgehead atoms. The molecule has 2 aromatic heterocycles. The zero-order valence-corrected chi connectivity index (χ0v) is 20.1. The van der Waals surface area contributed by atoms with E-state index in [1.165, 1.54) is 24.3 Å². The van der Waals surface area contributed by atoms with Gasteiger partial charge in [-0.3, -0.25) is 9.59 Å². The van der Waals surface area contributed by atoms with Crippen LogP contribution in [0.3, 0.4) is 0 Å². The topological polar surface area (TPSA) is 84.5 Å². The highest BCUT2D eigenvalue weighted by molar-refractivity contribution is 5.90. The molecule has 36 heavy (non-hydrogen) atoms. The summed E-state index contributed by atoms with van der Waals surface area (Å²) in [6, 6.07) is 4.98. The van der Waals surface area contributed by atoms with Crippen molar-refractivity contribution >= 4 is 21.8 Å². The number of rotatable bonds is 3. The lowest BCUT2D eigenvalue weighted by molar-refractivity contribution is 0.447. The highest BCUT2D eigenvalue weighted by Gasteiger charge is 2.28. The van der Waals surface area contributed by atoms with Crippen molar-refractivity contribution in [2.45, 2.75) is 64.5 Å². The molecular weight excluding hydrogens is 466 g/mol. The molecule has 0 saturated heterocycles. The molecule has 6 nitrogen and oxygen atoms in total. The van der Waals surface area contributed by atoms with Crippen LogP contribution >= 0.6 is 0 Å². The molecule has 0 aliphatic carbocycles. The monoisotopic (exact) mass is 492 g/mol. The highest BCUT2D eigenvalue weighted by Crippen LogP contribution is 2.38. The van der Waals surface area contributed by atoms with Gasteiger partial charge >= 0.3 is 0 Å². The zero-order valence-electron chi connectivity index (χ0n) is 20.1. The van der Waals surface area contributed by atoms with Crippen molar-refractivity contribution in [1.82, 2.24) is 9.13 Å². The average Bonchev–Trinajstić information content (AvgIpc) is 2.83. The first kappa shape index (κ1) is 22.8. The molecule has 0 saturated carbocycles. The van der Waals surface area contributed by atoms with Gasteiger partial charge in [0.25, 0.3) is 11.1 Å². The Morgan fingerprint density at radius 2 is 1.14 bits per heavy atom. The van der Waals surface area contributed by atoms with Crippen LogP contribution in [-0.2, 0) is 25.7 Å². The second kappa shape index (κ2) is 7.91. The summed E-state index contributed by atoms with van der Waals surface area (Å²) in [5.74, 6) is -1.58. The van der Waals surface area contributed by atoms with E-state index in [-0.39, 0.29) is 69.4 Å². The number of nitrogens with zero attached hydrogens (tertiary/aromatic N) is 2. The van der Waals surface area contributed by atoms with E-state index in [4.69, 9.17) is 0 Å². The van der Waals surface area contributed by atoms with Crippen LogP contribution in [0.5, 0.6) is 11.5 Å². The second-order valence-corrected chi connectivity index (χ2v) is 10.2. The van der Waals surface area contributed by atoms with Crippen molar-refractivity contribution < 1.29 is 19.0 Å². The number of hydrogen-bond acceptors (Lipinski definition) is 4. The van der Waals surface area contributed by atoms with Crippen LogP contribution in [0.15, 0.2) is 33.9 Å². The fourth-order valence-corrected chi connectivity index (χ4v) is 6.17. The van der Waals surface area contributed by atoms with Crippen molar-refractivity contribution in [2.75, 3.05) is 0 Å². The lowest BCUT2D eigenvalue weighted by Crippen LogP contribution is -2.32. The number of aryl methyl sites for hydroxylation is 2. The number of aromatic hydroxyl groups is 2. The third-order valence-corrected chi connectivity index (χ3v) is 7.99. The molecule has 0 spiro atoms. The van der Waals surface area contributed by atoms with E-state index >= 15 is 0 Å². The van der Waals surface area contributed by atoms with Gasteiger partial charge in [0, 0.05) is 22.9 Å². The van der Waals surface area contributed by atoms with Crippen molar-refractivity contribution in [1.29, 1.82) is 0 Å². The molecule has 186 valence electrons. The number of halogens is 2. The average molecular weight is 493 g/mol. The molecule has 2 aliphatic rings. The van der Waals surface area contributed by atoms with Crippen molar-refractivity contribution in [2.24, 2.45) is 0 Å². The number of benzene rings is 2. The Labute approximate surface area is 205 Å². The van der Waals surface area contributed by atoms with E-state index < -0.39 is 11.6 Å². The SMILES string of the molecule is C[C@H]1CCc2cc(F)cc3c(O)c(CCc4c(O)c5cc(F)cc6c5n(c4=O)[C@@H](C)CC6)c(=O)n1c23. The maximum Gasteiger partial charge on any atom is 0.258 e. The largest absolute Gasteiger partial charge is 0.507 e. The first-order valence-corrected chi connectivity index (χ1v) is 12.3. The quantitative estimate of drug-likeness (QED) is 0.430. The third-order valence-electron chi connectivity index (χ3n) is 7.99. The van der Waals surface area contributed by atoms with E-state index in [9.17, 15) is 28.6 Å². The van der Waals surface area contributed by atoms with Gasteiger partial charge in [-0.15, -0.1) is 0 Å². The summed E-state index contributed by atoms with van der Waals surface area (Å²) in [7, 11) is 0. The van der Waals surface area contributed by atoms with Gasteiger partial charge in [-0.25, -0.2) is 8.78 Å². The van der Waals surface area contributed by atoms with Crippen LogP contribution in [0, 0.1) is 11.6 Å². The van der Waals surface area contributed by atoms with Crippen LogP contribution in [0.1, 0.15) is 61.0 Å².